The first-order valence-electron chi connectivity index (χ1n) is 6.81. The molecule has 3 rings (SSSR count). The topological polar surface area (TPSA) is 80.9 Å². The second kappa shape index (κ2) is 6.55. The van der Waals surface area contributed by atoms with Crippen molar-refractivity contribution in [1.82, 2.24) is 10.2 Å². The van der Waals surface area contributed by atoms with Gasteiger partial charge in [0, 0.05) is 22.5 Å². The zero-order chi connectivity index (χ0) is 14.7. The number of anilines is 1. The molecule has 1 aromatic carbocycles. The van der Waals surface area contributed by atoms with Crippen LogP contribution in [0.15, 0.2) is 39.0 Å². The number of nitrogens with zero attached hydrogens (tertiary/aromatic N) is 2. The van der Waals surface area contributed by atoms with Crippen molar-refractivity contribution in [2.45, 2.75) is 34.5 Å². The van der Waals surface area contributed by atoms with Gasteiger partial charge >= 0.3 is 0 Å². The van der Waals surface area contributed by atoms with Crippen LogP contribution in [0.4, 0.5) is 5.69 Å². The first kappa shape index (κ1) is 14.5. The molecule has 1 heterocycles. The third-order valence-electron chi connectivity index (χ3n) is 3.51. The normalized spacial score (nSPS) is 21.4. The van der Waals surface area contributed by atoms with Crippen molar-refractivity contribution in [3.05, 3.63) is 29.8 Å². The van der Waals surface area contributed by atoms with Crippen LogP contribution in [0.2, 0.25) is 0 Å². The van der Waals surface area contributed by atoms with Crippen LogP contribution in [0.3, 0.4) is 0 Å². The number of benzene rings is 1. The molecule has 2 unspecified atom stereocenters. The van der Waals surface area contributed by atoms with Crippen molar-refractivity contribution in [3.8, 4) is 0 Å². The smallest absolute Gasteiger partial charge is 0.227 e. The monoisotopic (exact) mass is 320 g/mol. The number of carbonyl (C=O) groups excluding carboxylic acids is 1. The van der Waals surface area contributed by atoms with E-state index in [9.17, 15) is 4.79 Å². The van der Waals surface area contributed by atoms with Crippen LogP contribution in [0.1, 0.15) is 19.3 Å². The zero-order valence-corrected chi connectivity index (χ0v) is 13.0. The summed E-state index contributed by atoms with van der Waals surface area (Å²) in [6, 6.07) is 7.95. The van der Waals surface area contributed by atoms with E-state index < -0.39 is 0 Å². The van der Waals surface area contributed by atoms with Gasteiger partial charge in [0.25, 0.3) is 0 Å². The summed E-state index contributed by atoms with van der Waals surface area (Å²) >= 11 is 3.07. The third kappa shape index (κ3) is 3.81. The van der Waals surface area contributed by atoms with E-state index in [-0.39, 0.29) is 17.9 Å². The maximum Gasteiger partial charge on any atom is 0.227 e. The van der Waals surface area contributed by atoms with Crippen LogP contribution in [-0.4, -0.2) is 22.1 Å². The molecule has 1 aliphatic rings. The third-order valence-corrected chi connectivity index (χ3v) is 5.30. The molecule has 2 atom stereocenters. The number of aromatic nitrogens is 2. The summed E-state index contributed by atoms with van der Waals surface area (Å²) in [5, 5.41) is 10.8. The molecular weight excluding hydrogens is 304 g/mol. The minimum absolute atomic E-state index is 0.0513. The van der Waals surface area contributed by atoms with E-state index in [0.717, 1.165) is 34.2 Å². The van der Waals surface area contributed by atoms with Crippen molar-refractivity contribution in [2.75, 3.05) is 5.32 Å². The molecule has 1 aromatic heterocycles. The van der Waals surface area contributed by atoms with Crippen LogP contribution >= 0.6 is 23.1 Å². The highest BCUT2D eigenvalue weighted by atomic mass is 32.2. The Kier molecular flexibility index (Phi) is 4.52. The maximum atomic E-state index is 12.1. The fraction of sp³-hybridized carbons (Fsp3) is 0.357. The number of hydrogen-bond donors (Lipinski definition) is 2. The van der Waals surface area contributed by atoms with E-state index >= 15 is 0 Å². The van der Waals surface area contributed by atoms with E-state index in [1.807, 2.05) is 24.3 Å². The molecule has 0 saturated heterocycles. The van der Waals surface area contributed by atoms with Crippen molar-refractivity contribution in [3.63, 3.8) is 0 Å². The van der Waals surface area contributed by atoms with Gasteiger partial charge < -0.3 is 11.1 Å². The highest BCUT2D eigenvalue weighted by Crippen LogP contribution is 2.30. The molecule has 3 N–H and O–H groups in total. The van der Waals surface area contributed by atoms with Crippen molar-refractivity contribution < 1.29 is 4.79 Å². The van der Waals surface area contributed by atoms with E-state index in [1.165, 1.54) is 11.3 Å². The Morgan fingerprint density at radius 2 is 2.14 bits per heavy atom. The van der Waals surface area contributed by atoms with Crippen molar-refractivity contribution in [2.24, 2.45) is 11.7 Å². The molecule has 2 aromatic rings. The maximum absolute atomic E-state index is 12.1. The number of rotatable bonds is 4. The van der Waals surface area contributed by atoms with Crippen LogP contribution < -0.4 is 11.1 Å². The lowest BCUT2D eigenvalue weighted by Gasteiger charge is -2.11. The van der Waals surface area contributed by atoms with Gasteiger partial charge in [-0.1, -0.05) is 23.1 Å². The molecule has 0 aliphatic heterocycles. The summed E-state index contributed by atoms with van der Waals surface area (Å²) < 4.78 is 0.909. The number of hydrogen-bond acceptors (Lipinski definition) is 6. The Balaban J connectivity index is 1.58. The lowest BCUT2D eigenvalue weighted by molar-refractivity contribution is -0.119. The molecule has 0 radical (unpaired) electrons. The molecule has 21 heavy (non-hydrogen) atoms. The Morgan fingerprint density at radius 1 is 1.33 bits per heavy atom. The molecule has 1 fully saturated rings. The average molecular weight is 320 g/mol. The molecule has 1 amide bonds. The Hall–Kier alpha value is -1.44. The summed E-state index contributed by atoms with van der Waals surface area (Å²) in [6.07, 6.45) is 2.62. The molecule has 1 saturated carbocycles. The Labute approximate surface area is 131 Å². The summed E-state index contributed by atoms with van der Waals surface area (Å²) in [5.74, 6) is 0.128. The highest BCUT2D eigenvalue weighted by molar-refractivity contribution is 8.01. The SMILES string of the molecule is NC1CCC(C(=O)Nc2ccc(Sc3nncs3)cc2)C1. The van der Waals surface area contributed by atoms with Gasteiger partial charge in [0.05, 0.1) is 0 Å². The predicted molar refractivity (Wildman–Crippen MR) is 84.4 cm³/mol. The number of nitrogens with two attached hydrogens (primary N) is 1. The fourth-order valence-corrected chi connectivity index (χ4v) is 3.86. The highest BCUT2D eigenvalue weighted by Gasteiger charge is 2.27. The lowest BCUT2D eigenvalue weighted by Crippen LogP contribution is -2.23. The summed E-state index contributed by atoms with van der Waals surface area (Å²) in [7, 11) is 0. The predicted octanol–water partition coefficient (Wildman–Crippen LogP) is 2.76. The van der Waals surface area contributed by atoms with E-state index in [4.69, 9.17) is 5.73 Å². The molecular formula is C14H16N4OS2. The van der Waals surface area contributed by atoms with Gasteiger partial charge in [0.2, 0.25) is 5.91 Å². The van der Waals surface area contributed by atoms with Crippen LogP contribution in [0.5, 0.6) is 0 Å². The molecule has 7 heteroatoms. The fourth-order valence-electron chi connectivity index (χ4n) is 2.41. The van der Waals surface area contributed by atoms with Gasteiger partial charge in [0.1, 0.15) is 5.51 Å². The standard InChI is InChI=1S/C14H16N4OS2/c15-10-2-1-9(7-10)13(19)17-11-3-5-12(6-4-11)21-14-18-16-8-20-14/h3-6,8-10H,1-2,7,15H2,(H,17,19). The van der Waals surface area contributed by atoms with Gasteiger partial charge in [-0.2, -0.15) is 0 Å². The molecule has 110 valence electrons. The first-order chi connectivity index (χ1) is 10.2. The van der Waals surface area contributed by atoms with Crippen LogP contribution in [0.25, 0.3) is 0 Å². The number of amides is 1. The second-order valence-corrected chi connectivity index (χ2v) is 7.24. The summed E-state index contributed by atoms with van der Waals surface area (Å²) in [6.45, 7) is 0. The van der Waals surface area contributed by atoms with E-state index in [1.54, 1.807) is 17.3 Å². The molecule has 1 aliphatic carbocycles. The molecule has 0 spiro atoms. The number of nitrogens with one attached hydrogen (secondary N) is 1. The quantitative estimate of drug-likeness (QED) is 0.905. The van der Waals surface area contributed by atoms with Gasteiger partial charge in [-0.3, -0.25) is 4.79 Å². The Morgan fingerprint density at radius 3 is 2.76 bits per heavy atom. The minimum Gasteiger partial charge on any atom is -0.328 e. The summed E-state index contributed by atoms with van der Waals surface area (Å²) in [5.41, 5.74) is 8.38. The molecule has 0 bridgehead atoms. The Bertz CT molecular complexity index is 600. The van der Waals surface area contributed by atoms with Gasteiger partial charge in [0.15, 0.2) is 4.34 Å². The second-order valence-electron chi connectivity index (χ2n) is 5.09. The average Bonchev–Trinajstić information content (AvgIpc) is 3.12. The van der Waals surface area contributed by atoms with Gasteiger partial charge in [-0.15, -0.1) is 10.2 Å². The summed E-state index contributed by atoms with van der Waals surface area (Å²) in [4.78, 5) is 13.2. The zero-order valence-electron chi connectivity index (χ0n) is 11.4. The van der Waals surface area contributed by atoms with Crippen molar-refractivity contribution >= 4 is 34.7 Å². The van der Waals surface area contributed by atoms with E-state index in [0.29, 0.717) is 0 Å². The van der Waals surface area contributed by atoms with Crippen LogP contribution in [0, 0.1) is 5.92 Å². The van der Waals surface area contributed by atoms with Crippen molar-refractivity contribution in [1.29, 1.82) is 0 Å². The lowest BCUT2D eigenvalue weighted by atomic mass is 10.1. The van der Waals surface area contributed by atoms with Crippen LogP contribution in [-0.2, 0) is 4.79 Å². The van der Waals surface area contributed by atoms with Gasteiger partial charge in [-0.25, -0.2) is 0 Å². The minimum atomic E-state index is 0.0513. The number of carbonyl (C=O) groups is 1. The van der Waals surface area contributed by atoms with Gasteiger partial charge in [-0.05, 0) is 43.5 Å². The molecule has 5 nitrogen and oxygen atoms in total. The largest absolute Gasteiger partial charge is 0.328 e. The van der Waals surface area contributed by atoms with E-state index in [2.05, 4.69) is 15.5 Å². The first-order valence-corrected chi connectivity index (χ1v) is 8.51.